The summed E-state index contributed by atoms with van der Waals surface area (Å²) in [5, 5.41) is 0. The van der Waals surface area contributed by atoms with Gasteiger partial charge in [0.15, 0.2) is 0 Å². The minimum absolute atomic E-state index is 0.0419. The molecule has 0 aliphatic heterocycles. The highest BCUT2D eigenvalue weighted by Crippen LogP contribution is 2.22. The van der Waals surface area contributed by atoms with E-state index in [1.54, 1.807) is 6.07 Å². The number of benzene rings is 1. The number of hydrogen-bond acceptors (Lipinski definition) is 2. The molecule has 1 aromatic rings. The number of halogens is 1. The molecule has 0 saturated carbocycles. The molecular weight excluding hydrogens is 286 g/mol. The first-order valence-electron chi connectivity index (χ1n) is 5.26. The molecule has 0 radical (unpaired) electrons. The maximum absolute atomic E-state index is 12.3. The lowest BCUT2D eigenvalue weighted by Gasteiger charge is -2.25. The second kappa shape index (κ2) is 5.73. The Hall–Kier alpha value is -0.480. The van der Waals surface area contributed by atoms with E-state index in [9.17, 15) is 4.79 Å². The number of rotatable bonds is 3. The topological polar surface area (TPSA) is 20.3 Å². The normalized spacial score (nSPS) is 10.6. The summed E-state index contributed by atoms with van der Waals surface area (Å²) in [6.07, 6.45) is 0. The second-order valence-corrected chi connectivity index (χ2v) is 5.22. The van der Waals surface area contributed by atoms with Crippen LogP contribution in [-0.4, -0.2) is 23.4 Å². The molecule has 0 saturated heterocycles. The molecule has 0 heterocycles. The fourth-order valence-electron chi connectivity index (χ4n) is 1.58. The first-order valence-corrected chi connectivity index (χ1v) is 6.50. The van der Waals surface area contributed by atoms with Crippen molar-refractivity contribution in [2.45, 2.75) is 31.7 Å². The van der Waals surface area contributed by atoms with Crippen molar-refractivity contribution in [3.8, 4) is 0 Å². The van der Waals surface area contributed by atoms with Gasteiger partial charge in [-0.3, -0.25) is 4.79 Å². The standard InChI is InChI=1S/C12H16BrNOS/c1-4-14(8(2)3)12(15)10-7-9(16)5-6-11(10)13/h5-8,16H,4H2,1-3H3. The third-order valence-electron chi connectivity index (χ3n) is 2.41. The van der Waals surface area contributed by atoms with Crippen LogP contribution in [0.4, 0.5) is 0 Å². The summed E-state index contributed by atoms with van der Waals surface area (Å²) in [6.45, 7) is 6.72. The van der Waals surface area contributed by atoms with Crippen molar-refractivity contribution in [1.82, 2.24) is 4.90 Å². The van der Waals surface area contributed by atoms with Gasteiger partial charge in [0.1, 0.15) is 0 Å². The lowest BCUT2D eigenvalue weighted by molar-refractivity contribution is 0.0715. The van der Waals surface area contributed by atoms with Crippen molar-refractivity contribution in [3.05, 3.63) is 28.2 Å². The van der Waals surface area contributed by atoms with Crippen LogP contribution in [0.2, 0.25) is 0 Å². The number of amides is 1. The average molecular weight is 302 g/mol. The Bertz CT molecular complexity index is 393. The van der Waals surface area contributed by atoms with Gasteiger partial charge in [0, 0.05) is 22.0 Å². The van der Waals surface area contributed by atoms with E-state index < -0.39 is 0 Å². The number of hydrogen-bond donors (Lipinski definition) is 1. The van der Waals surface area contributed by atoms with Crippen molar-refractivity contribution in [2.75, 3.05) is 6.54 Å². The van der Waals surface area contributed by atoms with Gasteiger partial charge in [0.25, 0.3) is 5.91 Å². The molecule has 4 heteroatoms. The van der Waals surface area contributed by atoms with Crippen LogP contribution < -0.4 is 0 Å². The first-order chi connectivity index (χ1) is 7.47. The van der Waals surface area contributed by atoms with Gasteiger partial charge >= 0.3 is 0 Å². The van der Waals surface area contributed by atoms with Crippen molar-refractivity contribution in [1.29, 1.82) is 0 Å². The van der Waals surface area contributed by atoms with Crippen molar-refractivity contribution in [2.24, 2.45) is 0 Å². The molecule has 0 bridgehead atoms. The largest absolute Gasteiger partial charge is 0.336 e. The average Bonchev–Trinajstić information content (AvgIpc) is 2.22. The summed E-state index contributed by atoms with van der Waals surface area (Å²) in [7, 11) is 0. The van der Waals surface area contributed by atoms with Gasteiger partial charge in [0.05, 0.1) is 5.56 Å². The number of carbonyl (C=O) groups excluding carboxylic acids is 1. The van der Waals surface area contributed by atoms with Gasteiger partial charge in [-0.25, -0.2) is 0 Å². The molecule has 1 rings (SSSR count). The highest BCUT2D eigenvalue weighted by molar-refractivity contribution is 9.10. The van der Waals surface area contributed by atoms with E-state index >= 15 is 0 Å². The molecule has 0 fully saturated rings. The Kier molecular flexibility index (Phi) is 4.87. The van der Waals surface area contributed by atoms with Crippen LogP contribution in [0.25, 0.3) is 0 Å². The maximum Gasteiger partial charge on any atom is 0.255 e. The van der Waals surface area contributed by atoms with Crippen LogP contribution >= 0.6 is 28.6 Å². The molecule has 0 unspecified atom stereocenters. The zero-order valence-corrected chi connectivity index (χ0v) is 12.2. The molecule has 2 nitrogen and oxygen atoms in total. The molecule has 1 aromatic carbocycles. The molecule has 88 valence electrons. The summed E-state index contributed by atoms with van der Waals surface area (Å²) >= 11 is 7.65. The zero-order valence-electron chi connectivity index (χ0n) is 9.70. The third kappa shape index (κ3) is 3.01. The molecule has 0 atom stereocenters. The summed E-state index contributed by atoms with van der Waals surface area (Å²) in [5.41, 5.74) is 0.669. The SMILES string of the molecule is CCN(C(=O)c1cc(S)ccc1Br)C(C)C. The van der Waals surface area contributed by atoms with Crippen LogP contribution in [-0.2, 0) is 0 Å². The van der Waals surface area contributed by atoms with Gasteiger partial charge in [-0.1, -0.05) is 0 Å². The Labute approximate surface area is 111 Å². The Morgan fingerprint density at radius 1 is 1.50 bits per heavy atom. The lowest BCUT2D eigenvalue weighted by atomic mass is 10.1. The van der Waals surface area contributed by atoms with E-state index in [1.165, 1.54) is 0 Å². The van der Waals surface area contributed by atoms with Crippen LogP contribution in [0, 0.1) is 0 Å². The predicted octanol–water partition coefficient (Wildman–Crippen LogP) is 3.61. The predicted molar refractivity (Wildman–Crippen MR) is 73.2 cm³/mol. The first kappa shape index (κ1) is 13.6. The van der Waals surface area contributed by atoms with E-state index in [-0.39, 0.29) is 11.9 Å². The Morgan fingerprint density at radius 3 is 2.62 bits per heavy atom. The number of nitrogens with zero attached hydrogens (tertiary/aromatic N) is 1. The molecule has 0 aliphatic rings. The van der Waals surface area contributed by atoms with Crippen molar-refractivity contribution >= 4 is 34.5 Å². The van der Waals surface area contributed by atoms with E-state index in [1.807, 2.05) is 37.8 Å². The lowest BCUT2D eigenvalue weighted by Crippen LogP contribution is -2.36. The van der Waals surface area contributed by atoms with E-state index in [4.69, 9.17) is 0 Å². The molecule has 0 aliphatic carbocycles. The molecule has 1 amide bonds. The monoisotopic (exact) mass is 301 g/mol. The van der Waals surface area contributed by atoms with Gasteiger partial charge in [-0.15, -0.1) is 12.6 Å². The highest BCUT2D eigenvalue weighted by atomic mass is 79.9. The second-order valence-electron chi connectivity index (χ2n) is 3.85. The zero-order chi connectivity index (χ0) is 12.3. The molecule has 16 heavy (non-hydrogen) atoms. The summed E-state index contributed by atoms with van der Waals surface area (Å²) in [6, 6.07) is 5.70. The Morgan fingerprint density at radius 2 is 2.12 bits per heavy atom. The smallest absolute Gasteiger partial charge is 0.255 e. The van der Waals surface area contributed by atoms with E-state index in [0.29, 0.717) is 12.1 Å². The summed E-state index contributed by atoms with van der Waals surface area (Å²) < 4.78 is 0.814. The van der Waals surface area contributed by atoms with Crippen molar-refractivity contribution in [3.63, 3.8) is 0 Å². The fraction of sp³-hybridized carbons (Fsp3) is 0.417. The van der Waals surface area contributed by atoms with Crippen LogP contribution in [0.1, 0.15) is 31.1 Å². The van der Waals surface area contributed by atoms with Gasteiger partial charge in [-0.05, 0) is 54.9 Å². The molecule has 0 aromatic heterocycles. The van der Waals surface area contributed by atoms with Crippen LogP contribution in [0.5, 0.6) is 0 Å². The molecular formula is C12H16BrNOS. The highest BCUT2D eigenvalue weighted by Gasteiger charge is 2.19. The van der Waals surface area contributed by atoms with E-state index in [0.717, 1.165) is 9.37 Å². The molecule has 0 spiro atoms. The van der Waals surface area contributed by atoms with E-state index in [2.05, 4.69) is 28.6 Å². The minimum atomic E-state index is 0.0419. The van der Waals surface area contributed by atoms with Crippen molar-refractivity contribution < 1.29 is 4.79 Å². The third-order valence-corrected chi connectivity index (χ3v) is 3.37. The van der Waals surface area contributed by atoms with Gasteiger partial charge in [0.2, 0.25) is 0 Å². The minimum Gasteiger partial charge on any atom is -0.336 e. The summed E-state index contributed by atoms with van der Waals surface area (Å²) in [5.74, 6) is 0.0419. The van der Waals surface area contributed by atoms with Gasteiger partial charge in [-0.2, -0.15) is 0 Å². The quantitative estimate of drug-likeness (QED) is 0.846. The number of thiol groups is 1. The Balaban J connectivity index is 3.08. The molecule has 0 N–H and O–H groups in total. The summed E-state index contributed by atoms with van der Waals surface area (Å²) in [4.78, 5) is 14.9. The number of carbonyl (C=O) groups is 1. The van der Waals surface area contributed by atoms with Gasteiger partial charge < -0.3 is 4.90 Å². The maximum atomic E-state index is 12.3. The van der Waals surface area contributed by atoms with Crippen LogP contribution in [0.3, 0.4) is 0 Å². The fourth-order valence-corrected chi connectivity index (χ4v) is 2.19. The van der Waals surface area contributed by atoms with Crippen LogP contribution in [0.15, 0.2) is 27.6 Å².